The molecular formula is C11H15. The molecule has 0 aromatic carbocycles. The van der Waals surface area contributed by atoms with Crippen LogP contribution in [-0.4, -0.2) is 0 Å². The Labute approximate surface area is 69.3 Å². The van der Waals surface area contributed by atoms with Crippen molar-refractivity contribution in [3.63, 3.8) is 0 Å². The van der Waals surface area contributed by atoms with Gasteiger partial charge >= 0.3 is 0 Å². The highest BCUT2D eigenvalue weighted by atomic mass is 13.9. The minimum Gasteiger partial charge on any atom is -0.0882 e. The molecule has 11 heavy (non-hydrogen) atoms. The van der Waals surface area contributed by atoms with E-state index in [1.54, 1.807) is 0 Å². The van der Waals surface area contributed by atoms with Crippen molar-refractivity contribution < 1.29 is 0 Å². The van der Waals surface area contributed by atoms with E-state index in [0.717, 1.165) is 12.8 Å². The van der Waals surface area contributed by atoms with Crippen LogP contribution in [0.4, 0.5) is 0 Å². The van der Waals surface area contributed by atoms with E-state index < -0.39 is 0 Å². The van der Waals surface area contributed by atoms with Gasteiger partial charge < -0.3 is 0 Å². The maximum absolute atomic E-state index is 3.22. The van der Waals surface area contributed by atoms with E-state index in [0.29, 0.717) is 0 Å². The maximum atomic E-state index is 3.22. The monoisotopic (exact) mass is 147 g/mol. The van der Waals surface area contributed by atoms with Gasteiger partial charge in [-0.3, -0.25) is 0 Å². The zero-order valence-corrected chi connectivity index (χ0v) is 6.92. The predicted octanol–water partition coefficient (Wildman–Crippen LogP) is 3.42. The first kappa shape index (κ1) is 8.32. The molecule has 1 radical (unpaired) electrons. The van der Waals surface area contributed by atoms with E-state index >= 15 is 0 Å². The van der Waals surface area contributed by atoms with Gasteiger partial charge in [-0.1, -0.05) is 30.4 Å². The summed E-state index contributed by atoms with van der Waals surface area (Å²) < 4.78 is 0. The molecule has 0 saturated heterocycles. The second-order valence-electron chi connectivity index (χ2n) is 2.72. The smallest absolute Gasteiger partial charge is 0.00978 e. The molecule has 0 fully saturated rings. The molecule has 0 aliphatic heterocycles. The van der Waals surface area contributed by atoms with Gasteiger partial charge in [0.25, 0.3) is 0 Å². The third kappa shape index (κ3) is 4.60. The lowest BCUT2D eigenvalue weighted by Gasteiger charge is -1.87. The maximum Gasteiger partial charge on any atom is -0.00978 e. The topological polar surface area (TPSA) is 0 Å². The van der Waals surface area contributed by atoms with Crippen LogP contribution in [0.1, 0.15) is 32.1 Å². The molecule has 0 heterocycles. The van der Waals surface area contributed by atoms with Crippen molar-refractivity contribution in [3.8, 4) is 0 Å². The van der Waals surface area contributed by atoms with Gasteiger partial charge in [-0.15, -0.1) is 0 Å². The Morgan fingerprint density at radius 3 is 2.64 bits per heavy atom. The average molecular weight is 147 g/mol. The lowest BCUT2D eigenvalue weighted by atomic mass is 10.2. The summed E-state index contributed by atoms with van der Waals surface area (Å²) in [6.07, 6.45) is 20.0. The highest BCUT2D eigenvalue weighted by Gasteiger charge is 1.82. The summed E-state index contributed by atoms with van der Waals surface area (Å²) in [6.45, 7) is 0. The Kier molecular flexibility index (Phi) is 4.51. The van der Waals surface area contributed by atoms with Gasteiger partial charge in [0.2, 0.25) is 0 Å². The fraction of sp³-hybridized carbons (Fsp3) is 0.455. The van der Waals surface area contributed by atoms with Crippen LogP contribution in [0.5, 0.6) is 0 Å². The van der Waals surface area contributed by atoms with Crippen molar-refractivity contribution >= 4 is 0 Å². The van der Waals surface area contributed by atoms with E-state index in [9.17, 15) is 0 Å². The summed E-state index contributed by atoms with van der Waals surface area (Å²) in [4.78, 5) is 0. The van der Waals surface area contributed by atoms with Crippen LogP contribution in [0, 0.1) is 6.08 Å². The Bertz CT molecular complexity index is 143. The van der Waals surface area contributed by atoms with Crippen molar-refractivity contribution in [3.05, 3.63) is 36.5 Å². The fourth-order valence-electron chi connectivity index (χ4n) is 1.07. The Hall–Kier alpha value is -0.780. The number of hydrogen-bond acceptors (Lipinski definition) is 0. The Morgan fingerprint density at radius 1 is 0.909 bits per heavy atom. The molecule has 0 aromatic rings. The number of hydrogen-bond donors (Lipinski definition) is 0. The lowest BCUT2D eigenvalue weighted by Crippen LogP contribution is -1.67. The molecular weight excluding hydrogens is 132 g/mol. The first-order chi connectivity index (χ1) is 5.50. The second kappa shape index (κ2) is 5.96. The van der Waals surface area contributed by atoms with Gasteiger partial charge in [-0.05, 0) is 38.2 Å². The molecule has 0 unspecified atom stereocenters. The van der Waals surface area contributed by atoms with E-state index in [2.05, 4.69) is 36.5 Å². The zero-order valence-electron chi connectivity index (χ0n) is 6.92. The molecule has 0 spiro atoms. The fourth-order valence-corrected chi connectivity index (χ4v) is 1.07. The molecule has 1 aliphatic rings. The van der Waals surface area contributed by atoms with Crippen LogP contribution < -0.4 is 0 Å². The van der Waals surface area contributed by atoms with E-state index in [4.69, 9.17) is 0 Å². The van der Waals surface area contributed by atoms with Crippen LogP contribution >= 0.6 is 0 Å². The summed E-state index contributed by atoms with van der Waals surface area (Å²) in [5.41, 5.74) is 0. The van der Waals surface area contributed by atoms with E-state index in [-0.39, 0.29) is 0 Å². The van der Waals surface area contributed by atoms with Gasteiger partial charge in [0, 0.05) is 0 Å². The Balaban J connectivity index is 2.34. The first-order valence-electron chi connectivity index (χ1n) is 4.35. The molecule has 0 saturated carbocycles. The zero-order chi connectivity index (χ0) is 7.78. The van der Waals surface area contributed by atoms with Crippen molar-refractivity contribution in [2.75, 3.05) is 0 Å². The predicted molar refractivity (Wildman–Crippen MR) is 49.2 cm³/mol. The molecule has 0 heteroatoms. The van der Waals surface area contributed by atoms with E-state index in [1.165, 1.54) is 19.3 Å². The largest absolute Gasteiger partial charge is 0.0882 e. The SMILES string of the molecule is [C]1=C\C/C=C\CCC/C=C\C/1. The third-order valence-electron chi connectivity index (χ3n) is 1.71. The summed E-state index contributed by atoms with van der Waals surface area (Å²) in [5.74, 6) is 0. The lowest BCUT2D eigenvalue weighted by molar-refractivity contribution is 0.865. The summed E-state index contributed by atoms with van der Waals surface area (Å²) in [6, 6.07) is 0. The molecule has 0 aromatic heterocycles. The molecule has 1 rings (SSSR count). The quantitative estimate of drug-likeness (QED) is 0.460. The van der Waals surface area contributed by atoms with Gasteiger partial charge in [-0.2, -0.15) is 0 Å². The molecule has 0 nitrogen and oxygen atoms in total. The molecule has 0 amide bonds. The minimum atomic E-state index is 0.980. The van der Waals surface area contributed by atoms with Crippen molar-refractivity contribution in [1.82, 2.24) is 0 Å². The summed E-state index contributed by atoms with van der Waals surface area (Å²) in [7, 11) is 0. The second-order valence-corrected chi connectivity index (χ2v) is 2.72. The van der Waals surface area contributed by atoms with E-state index in [1.807, 2.05) is 0 Å². The van der Waals surface area contributed by atoms with Crippen LogP contribution in [-0.2, 0) is 0 Å². The van der Waals surface area contributed by atoms with Crippen molar-refractivity contribution in [2.45, 2.75) is 32.1 Å². The molecule has 59 valence electrons. The highest BCUT2D eigenvalue weighted by molar-refractivity contribution is 4.95. The van der Waals surface area contributed by atoms with Crippen LogP contribution in [0.15, 0.2) is 30.4 Å². The molecule has 0 bridgehead atoms. The third-order valence-corrected chi connectivity index (χ3v) is 1.71. The molecule has 0 atom stereocenters. The van der Waals surface area contributed by atoms with Gasteiger partial charge in [0.15, 0.2) is 0 Å². The van der Waals surface area contributed by atoms with Gasteiger partial charge in [-0.25, -0.2) is 0 Å². The van der Waals surface area contributed by atoms with Crippen molar-refractivity contribution in [1.29, 1.82) is 0 Å². The summed E-state index contributed by atoms with van der Waals surface area (Å²) >= 11 is 0. The van der Waals surface area contributed by atoms with Crippen LogP contribution in [0.2, 0.25) is 0 Å². The van der Waals surface area contributed by atoms with Crippen molar-refractivity contribution in [2.24, 2.45) is 0 Å². The molecule has 1 aliphatic carbocycles. The van der Waals surface area contributed by atoms with Gasteiger partial charge in [0.1, 0.15) is 0 Å². The Morgan fingerprint density at radius 2 is 1.73 bits per heavy atom. The standard InChI is InChI=1S/C11H15/c1-2-4-6-8-10-11-9-7-5-3-1/h1-2,5,10-11H,3-4,6,8-9H2/b2-1-,7-5?,11-10-. The number of allylic oxidation sites excluding steroid dienone is 6. The summed E-state index contributed by atoms with van der Waals surface area (Å²) in [5, 5.41) is 0. The van der Waals surface area contributed by atoms with Crippen LogP contribution in [0.3, 0.4) is 0 Å². The highest BCUT2D eigenvalue weighted by Crippen LogP contribution is 2.01. The average Bonchev–Trinajstić information content (AvgIpc) is 2.08. The first-order valence-corrected chi connectivity index (χ1v) is 4.35. The normalized spacial score (nSPS) is 28.4. The minimum absolute atomic E-state index is 0.980. The van der Waals surface area contributed by atoms with Crippen LogP contribution in [0.25, 0.3) is 0 Å². The molecule has 0 N–H and O–H groups in total. The number of rotatable bonds is 0. The van der Waals surface area contributed by atoms with Gasteiger partial charge in [0.05, 0.1) is 0 Å².